The smallest absolute Gasteiger partial charge is 0.257 e. The van der Waals surface area contributed by atoms with E-state index in [2.05, 4.69) is 9.71 Å². The van der Waals surface area contributed by atoms with Crippen LogP contribution in [-0.2, 0) is 10.0 Å². The summed E-state index contributed by atoms with van der Waals surface area (Å²) in [5.41, 5.74) is 2.13. The highest BCUT2D eigenvalue weighted by molar-refractivity contribution is 8.15. The Balaban J connectivity index is 1.53. The Morgan fingerprint density at radius 3 is 2.74 bits per heavy atom. The summed E-state index contributed by atoms with van der Waals surface area (Å²) >= 11 is 1.25. The molecule has 0 bridgehead atoms. The van der Waals surface area contributed by atoms with Crippen LogP contribution in [0.2, 0.25) is 0 Å². The second kappa shape index (κ2) is 6.65. The van der Waals surface area contributed by atoms with E-state index < -0.39 is 10.0 Å². The molecule has 0 saturated carbocycles. The first-order valence-corrected chi connectivity index (χ1v) is 10.7. The van der Waals surface area contributed by atoms with Gasteiger partial charge in [-0.15, -0.1) is 4.40 Å². The summed E-state index contributed by atoms with van der Waals surface area (Å²) in [6.07, 6.45) is 0. The maximum Gasteiger partial charge on any atom is 0.257 e. The summed E-state index contributed by atoms with van der Waals surface area (Å²) in [5.74, 6) is -0.600. The molecule has 0 spiro atoms. The average Bonchev–Trinajstić information content (AvgIpc) is 2.97. The fourth-order valence-corrected chi connectivity index (χ4v) is 5.28. The second-order valence-corrected chi connectivity index (χ2v) is 9.11. The Hall–Kier alpha value is -2.39. The van der Waals surface area contributed by atoms with E-state index in [0.717, 1.165) is 16.1 Å². The lowest BCUT2D eigenvalue weighted by atomic mass is 10.1. The molecule has 4 rings (SSSR count). The van der Waals surface area contributed by atoms with E-state index in [-0.39, 0.29) is 23.5 Å². The topological polar surface area (TPSA) is 78.8 Å². The van der Waals surface area contributed by atoms with Crippen LogP contribution in [-0.4, -0.2) is 31.8 Å². The minimum Gasteiger partial charge on any atom is -0.346 e. The number of carbonyl (C=O) groups is 1. The lowest BCUT2D eigenvalue weighted by Gasteiger charge is -2.22. The van der Waals surface area contributed by atoms with Gasteiger partial charge in [0.15, 0.2) is 5.17 Å². The van der Waals surface area contributed by atoms with Crippen LogP contribution in [0.5, 0.6) is 0 Å². The summed E-state index contributed by atoms with van der Waals surface area (Å²) in [6, 6.07) is 11.0. The number of hydrogen-bond acceptors (Lipinski definition) is 5. The molecule has 2 aliphatic rings. The molecular formula is C18H16FN3O3S2. The first-order valence-electron chi connectivity index (χ1n) is 8.31. The van der Waals surface area contributed by atoms with E-state index in [0.29, 0.717) is 17.3 Å². The van der Waals surface area contributed by atoms with Gasteiger partial charge in [-0.3, -0.25) is 4.79 Å². The SMILES string of the molecule is CC(NC(=O)c1ccc2c(c1)SC1=NS(=O)(=O)CCN12)c1ccc(F)cc1. The first-order chi connectivity index (χ1) is 12.8. The molecule has 0 fully saturated rings. The molecule has 1 atom stereocenters. The third-order valence-corrected chi connectivity index (χ3v) is 6.76. The van der Waals surface area contributed by atoms with Crippen molar-refractivity contribution in [2.45, 2.75) is 17.9 Å². The highest BCUT2D eigenvalue weighted by Crippen LogP contribution is 2.42. The number of fused-ring (bicyclic) bond motifs is 3. The van der Waals surface area contributed by atoms with Gasteiger partial charge >= 0.3 is 0 Å². The Morgan fingerprint density at radius 2 is 2.00 bits per heavy atom. The maximum atomic E-state index is 13.0. The maximum absolute atomic E-state index is 13.0. The zero-order valence-electron chi connectivity index (χ0n) is 14.3. The van der Waals surface area contributed by atoms with Gasteiger partial charge < -0.3 is 10.2 Å². The number of rotatable bonds is 3. The number of carbonyl (C=O) groups excluding carboxylic acids is 1. The van der Waals surface area contributed by atoms with E-state index in [4.69, 9.17) is 0 Å². The van der Waals surface area contributed by atoms with Gasteiger partial charge in [-0.1, -0.05) is 12.1 Å². The van der Waals surface area contributed by atoms with Gasteiger partial charge in [-0.25, -0.2) is 12.8 Å². The van der Waals surface area contributed by atoms with Crippen molar-refractivity contribution in [3.05, 3.63) is 59.4 Å². The van der Waals surface area contributed by atoms with Crippen molar-refractivity contribution in [1.29, 1.82) is 0 Å². The van der Waals surface area contributed by atoms with Crippen LogP contribution in [0.1, 0.15) is 28.9 Å². The van der Waals surface area contributed by atoms with Crippen LogP contribution in [0.3, 0.4) is 0 Å². The minimum absolute atomic E-state index is 0.0199. The standard InChI is InChI=1S/C18H16FN3O3S2/c1-11(12-2-5-14(19)6-3-12)20-17(23)13-4-7-15-16(10-13)26-18-21-27(24,25)9-8-22(15)18/h2-7,10-11H,8-9H2,1H3,(H,20,23). The highest BCUT2D eigenvalue weighted by Gasteiger charge is 2.33. The van der Waals surface area contributed by atoms with E-state index in [1.807, 2.05) is 11.8 Å². The summed E-state index contributed by atoms with van der Waals surface area (Å²) in [4.78, 5) is 15.2. The van der Waals surface area contributed by atoms with E-state index in [1.54, 1.807) is 30.3 Å². The van der Waals surface area contributed by atoms with Gasteiger partial charge in [0.05, 0.1) is 17.5 Å². The molecule has 0 radical (unpaired) electrons. The van der Waals surface area contributed by atoms with Gasteiger partial charge in [-0.2, -0.15) is 0 Å². The van der Waals surface area contributed by atoms with Crippen LogP contribution in [0.4, 0.5) is 10.1 Å². The molecule has 140 valence electrons. The summed E-state index contributed by atoms with van der Waals surface area (Å²) in [5, 5.41) is 3.31. The molecule has 1 unspecified atom stereocenters. The molecule has 27 heavy (non-hydrogen) atoms. The monoisotopic (exact) mass is 405 g/mol. The zero-order valence-corrected chi connectivity index (χ0v) is 16.0. The molecule has 6 nitrogen and oxygen atoms in total. The number of nitrogens with one attached hydrogen (secondary N) is 1. The number of thioether (sulfide) groups is 1. The molecule has 0 aromatic heterocycles. The minimum atomic E-state index is -3.41. The zero-order chi connectivity index (χ0) is 19.2. The quantitative estimate of drug-likeness (QED) is 0.850. The van der Waals surface area contributed by atoms with Gasteiger partial charge in [-0.05, 0) is 54.6 Å². The summed E-state index contributed by atoms with van der Waals surface area (Å²) in [6.45, 7) is 2.18. The number of anilines is 1. The molecule has 0 aliphatic carbocycles. The van der Waals surface area contributed by atoms with Crippen molar-refractivity contribution in [2.24, 2.45) is 4.40 Å². The van der Waals surface area contributed by atoms with Crippen molar-refractivity contribution in [2.75, 3.05) is 17.2 Å². The molecule has 2 aromatic rings. The molecular weight excluding hydrogens is 389 g/mol. The average molecular weight is 405 g/mol. The van der Waals surface area contributed by atoms with Crippen LogP contribution >= 0.6 is 11.8 Å². The van der Waals surface area contributed by atoms with Crippen LogP contribution in [0, 0.1) is 5.82 Å². The number of amidine groups is 1. The van der Waals surface area contributed by atoms with Crippen LogP contribution < -0.4 is 10.2 Å². The van der Waals surface area contributed by atoms with Crippen molar-refractivity contribution in [1.82, 2.24) is 5.32 Å². The third kappa shape index (κ3) is 3.57. The van der Waals surface area contributed by atoms with Gasteiger partial charge in [0, 0.05) is 17.0 Å². The van der Waals surface area contributed by atoms with Gasteiger partial charge in [0.1, 0.15) is 5.82 Å². The molecule has 0 saturated heterocycles. The normalized spacial score (nSPS) is 18.3. The van der Waals surface area contributed by atoms with E-state index >= 15 is 0 Å². The number of hydrogen-bond donors (Lipinski definition) is 1. The predicted molar refractivity (Wildman–Crippen MR) is 103 cm³/mol. The van der Waals surface area contributed by atoms with Gasteiger partial charge in [0.25, 0.3) is 15.9 Å². The summed E-state index contributed by atoms with van der Waals surface area (Å²) in [7, 11) is -3.41. The number of benzene rings is 2. The molecule has 2 heterocycles. The highest BCUT2D eigenvalue weighted by atomic mass is 32.2. The number of nitrogens with zero attached hydrogens (tertiary/aromatic N) is 2. The lowest BCUT2D eigenvalue weighted by molar-refractivity contribution is 0.0939. The fraction of sp³-hybridized carbons (Fsp3) is 0.222. The Morgan fingerprint density at radius 1 is 1.26 bits per heavy atom. The Bertz CT molecular complexity index is 1050. The summed E-state index contributed by atoms with van der Waals surface area (Å²) < 4.78 is 40.2. The van der Waals surface area contributed by atoms with Crippen molar-refractivity contribution < 1.29 is 17.6 Å². The Labute approximate surface area is 160 Å². The first kappa shape index (κ1) is 18.0. The molecule has 9 heteroatoms. The van der Waals surface area contributed by atoms with Crippen molar-refractivity contribution >= 4 is 38.5 Å². The van der Waals surface area contributed by atoms with Gasteiger partial charge in [0.2, 0.25) is 0 Å². The fourth-order valence-electron chi connectivity index (χ4n) is 2.99. The lowest BCUT2D eigenvalue weighted by Crippen LogP contribution is -2.35. The molecule has 1 N–H and O–H groups in total. The Kier molecular flexibility index (Phi) is 4.43. The molecule has 2 aliphatic heterocycles. The van der Waals surface area contributed by atoms with E-state index in [9.17, 15) is 17.6 Å². The van der Waals surface area contributed by atoms with E-state index in [1.165, 1.54) is 23.9 Å². The molecule has 1 amide bonds. The number of amides is 1. The number of sulfonamides is 1. The van der Waals surface area contributed by atoms with Crippen LogP contribution in [0.25, 0.3) is 0 Å². The van der Waals surface area contributed by atoms with Crippen molar-refractivity contribution in [3.8, 4) is 0 Å². The van der Waals surface area contributed by atoms with Crippen molar-refractivity contribution in [3.63, 3.8) is 0 Å². The third-order valence-electron chi connectivity index (χ3n) is 4.45. The predicted octanol–water partition coefficient (Wildman–Crippen LogP) is 2.93. The molecule has 2 aromatic carbocycles. The second-order valence-electron chi connectivity index (χ2n) is 6.34. The number of halogens is 1. The van der Waals surface area contributed by atoms with Crippen LogP contribution in [0.15, 0.2) is 51.8 Å². The largest absolute Gasteiger partial charge is 0.346 e.